The molecule has 94 valence electrons. The second kappa shape index (κ2) is 5.32. The van der Waals surface area contributed by atoms with Gasteiger partial charge in [0.15, 0.2) is 0 Å². The SMILES string of the molecule is CBCc1ccccc1-c1ccc(C(C)(C)C)s1. The summed E-state index contributed by atoms with van der Waals surface area (Å²) in [5.74, 6) is 0. The molecule has 0 unspecified atom stereocenters. The molecular formula is C16H21BS. The number of rotatable bonds is 3. The molecule has 1 aromatic heterocycles. The van der Waals surface area contributed by atoms with E-state index in [0.29, 0.717) is 0 Å². The summed E-state index contributed by atoms with van der Waals surface area (Å²) in [6, 6.07) is 13.4. The lowest BCUT2D eigenvalue weighted by Crippen LogP contribution is -2.07. The third-order valence-electron chi connectivity index (χ3n) is 3.15. The Morgan fingerprint density at radius 3 is 2.39 bits per heavy atom. The summed E-state index contributed by atoms with van der Waals surface area (Å²) >= 11 is 1.93. The van der Waals surface area contributed by atoms with Gasteiger partial charge >= 0.3 is 0 Å². The molecule has 0 fully saturated rings. The predicted molar refractivity (Wildman–Crippen MR) is 85.2 cm³/mol. The van der Waals surface area contributed by atoms with Crippen molar-refractivity contribution in [2.24, 2.45) is 0 Å². The maximum Gasteiger partial charge on any atom is 0.122 e. The molecule has 0 saturated carbocycles. The maximum absolute atomic E-state index is 2.28. The van der Waals surface area contributed by atoms with E-state index in [9.17, 15) is 0 Å². The van der Waals surface area contributed by atoms with Crippen molar-refractivity contribution in [1.82, 2.24) is 0 Å². The van der Waals surface area contributed by atoms with Crippen LogP contribution in [-0.4, -0.2) is 7.28 Å². The lowest BCUT2D eigenvalue weighted by atomic mass is 9.74. The maximum atomic E-state index is 2.28. The molecule has 2 heteroatoms. The van der Waals surface area contributed by atoms with Crippen LogP contribution < -0.4 is 0 Å². The van der Waals surface area contributed by atoms with Crippen molar-refractivity contribution in [3.63, 3.8) is 0 Å². The molecule has 2 aromatic rings. The molecular weight excluding hydrogens is 235 g/mol. The fourth-order valence-electron chi connectivity index (χ4n) is 2.13. The first-order valence-electron chi connectivity index (χ1n) is 6.71. The van der Waals surface area contributed by atoms with Crippen LogP contribution in [0.1, 0.15) is 31.2 Å². The van der Waals surface area contributed by atoms with Crippen LogP contribution >= 0.6 is 11.3 Å². The van der Waals surface area contributed by atoms with Gasteiger partial charge in [0, 0.05) is 9.75 Å². The fraction of sp³-hybridized carbons (Fsp3) is 0.375. The first-order chi connectivity index (χ1) is 8.52. The molecule has 0 aliphatic heterocycles. The van der Waals surface area contributed by atoms with Gasteiger partial charge in [-0.25, -0.2) is 0 Å². The van der Waals surface area contributed by atoms with Gasteiger partial charge in [0.2, 0.25) is 0 Å². The molecule has 0 saturated heterocycles. The molecule has 0 atom stereocenters. The molecule has 18 heavy (non-hydrogen) atoms. The Bertz CT molecular complexity index is 520. The van der Waals surface area contributed by atoms with E-state index in [4.69, 9.17) is 0 Å². The van der Waals surface area contributed by atoms with Crippen molar-refractivity contribution in [1.29, 1.82) is 0 Å². The fourth-order valence-corrected chi connectivity index (χ4v) is 3.26. The van der Waals surface area contributed by atoms with E-state index in [1.165, 1.54) is 34.5 Å². The van der Waals surface area contributed by atoms with E-state index in [0.717, 1.165) is 0 Å². The molecule has 1 aromatic carbocycles. The van der Waals surface area contributed by atoms with E-state index >= 15 is 0 Å². The summed E-state index contributed by atoms with van der Waals surface area (Å²) in [4.78, 5) is 2.87. The molecule has 0 aliphatic rings. The molecule has 0 N–H and O–H groups in total. The van der Waals surface area contributed by atoms with E-state index in [2.05, 4.69) is 64.0 Å². The zero-order valence-corrected chi connectivity index (χ0v) is 12.6. The zero-order valence-electron chi connectivity index (χ0n) is 11.8. The first-order valence-corrected chi connectivity index (χ1v) is 7.52. The quantitative estimate of drug-likeness (QED) is 0.698. The molecule has 0 amide bonds. The van der Waals surface area contributed by atoms with E-state index in [1.54, 1.807) is 0 Å². The third kappa shape index (κ3) is 2.86. The minimum absolute atomic E-state index is 0.253. The van der Waals surface area contributed by atoms with E-state index in [-0.39, 0.29) is 5.41 Å². The van der Waals surface area contributed by atoms with Gasteiger partial charge in [-0.3, -0.25) is 0 Å². The monoisotopic (exact) mass is 256 g/mol. The Balaban J connectivity index is 2.40. The standard InChI is InChI=1S/C16H21BS/c1-16(2,3)15-10-9-14(18-15)13-8-6-5-7-12(13)11-17-4/h5-10,17H,11H2,1-4H3. The second-order valence-electron chi connectivity index (χ2n) is 5.82. The van der Waals surface area contributed by atoms with Crippen molar-refractivity contribution in [2.45, 2.75) is 39.3 Å². The molecule has 0 bridgehead atoms. The highest BCUT2D eigenvalue weighted by molar-refractivity contribution is 7.15. The largest absolute Gasteiger partial charge is 0.140 e. The van der Waals surface area contributed by atoms with Crippen LogP contribution in [-0.2, 0) is 11.7 Å². The summed E-state index contributed by atoms with van der Waals surface area (Å²) in [7, 11) is 1.20. The first kappa shape index (κ1) is 13.4. The van der Waals surface area contributed by atoms with Gasteiger partial charge in [0.25, 0.3) is 0 Å². The van der Waals surface area contributed by atoms with Crippen molar-refractivity contribution in [3.05, 3.63) is 46.8 Å². The Morgan fingerprint density at radius 1 is 1.06 bits per heavy atom. The van der Waals surface area contributed by atoms with Crippen LogP contribution in [0.2, 0.25) is 6.82 Å². The Kier molecular flexibility index (Phi) is 3.96. The Labute approximate surface area is 115 Å². The highest BCUT2D eigenvalue weighted by Gasteiger charge is 2.17. The van der Waals surface area contributed by atoms with E-state index in [1.807, 2.05) is 11.3 Å². The topological polar surface area (TPSA) is 0 Å². The van der Waals surface area contributed by atoms with Crippen LogP contribution in [0.25, 0.3) is 10.4 Å². The normalized spacial score (nSPS) is 11.6. The molecule has 0 radical (unpaired) electrons. The van der Waals surface area contributed by atoms with Gasteiger partial charge in [-0.05, 0) is 28.7 Å². The lowest BCUT2D eigenvalue weighted by molar-refractivity contribution is 0.604. The second-order valence-corrected chi connectivity index (χ2v) is 6.90. The van der Waals surface area contributed by atoms with Crippen LogP contribution in [0.5, 0.6) is 0 Å². The average molecular weight is 256 g/mol. The smallest absolute Gasteiger partial charge is 0.122 e. The Morgan fingerprint density at radius 2 is 1.78 bits per heavy atom. The number of hydrogen-bond donors (Lipinski definition) is 0. The van der Waals surface area contributed by atoms with Crippen molar-refractivity contribution < 1.29 is 0 Å². The van der Waals surface area contributed by atoms with Crippen molar-refractivity contribution in [3.8, 4) is 10.4 Å². The summed E-state index contributed by atoms with van der Waals surface area (Å²) in [5, 5.41) is 0. The van der Waals surface area contributed by atoms with Gasteiger partial charge in [-0.1, -0.05) is 58.2 Å². The molecule has 1 heterocycles. The van der Waals surface area contributed by atoms with Crippen LogP contribution in [0.4, 0.5) is 0 Å². The van der Waals surface area contributed by atoms with Crippen molar-refractivity contribution in [2.75, 3.05) is 0 Å². The molecule has 0 spiro atoms. The lowest BCUT2D eigenvalue weighted by Gasteiger charge is -2.15. The number of hydrogen-bond acceptors (Lipinski definition) is 1. The summed E-state index contributed by atoms with van der Waals surface area (Å²) in [6.07, 6.45) is 1.17. The average Bonchev–Trinajstić information content (AvgIpc) is 2.79. The number of thiophene rings is 1. The minimum Gasteiger partial charge on any atom is -0.140 e. The molecule has 0 aliphatic carbocycles. The van der Waals surface area contributed by atoms with Gasteiger partial charge in [0.1, 0.15) is 7.28 Å². The summed E-state index contributed by atoms with van der Waals surface area (Å²) in [5.41, 5.74) is 3.14. The highest BCUT2D eigenvalue weighted by Crippen LogP contribution is 2.36. The summed E-state index contributed by atoms with van der Waals surface area (Å²) in [6.45, 7) is 9.08. The van der Waals surface area contributed by atoms with Gasteiger partial charge in [-0.15, -0.1) is 11.3 Å². The predicted octanol–water partition coefficient (Wildman–Crippen LogP) is 4.70. The molecule has 2 rings (SSSR count). The Hall–Kier alpha value is -1.02. The minimum atomic E-state index is 0.253. The van der Waals surface area contributed by atoms with Crippen LogP contribution in [0, 0.1) is 0 Å². The third-order valence-corrected chi connectivity index (χ3v) is 4.69. The van der Waals surface area contributed by atoms with Crippen LogP contribution in [0.15, 0.2) is 36.4 Å². The van der Waals surface area contributed by atoms with Gasteiger partial charge < -0.3 is 0 Å². The summed E-state index contributed by atoms with van der Waals surface area (Å²) < 4.78 is 0. The van der Waals surface area contributed by atoms with Crippen molar-refractivity contribution >= 4 is 18.6 Å². The number of benzene rings is 1. The highest BCUT2D eigenvalue weighted by atomic mass is 32.1. The van der Waals surface area contributed by atoms with Crippen LogP contribution in [0.3, 0.4) is 0 Å². The van der Waals surface area contributed by atoms with Gasteiger partial charge in [0.05, 0.1) is 0 Å². The molecule has 0 nitrogen and oxygen atoms in total. The van der Waals surface area contributed by atoms with Gasteiger partial charge in [-0.2, -0.15) is 0 Å². The van der Waals surface area contributed by atoms with E-state index < -0.39 is 0 Å². The zero-order chi connectivity index (χ0) is 13.2.